The second-order valence-electron chi connectivity index (χ2n) is 9.07. The number of aliphatic imine (C=N–C) groups is 1. The number of aryl methyl sites for hydroxylation is 3. The van der Waals surface area contributed by atoms with Gasteiger partial charge in [-0.15, -0.1) is 0 Å². The lowest BCUT2D eigenvalue weighted by molar-refractivity contribution is 0.167. The van der Waals surface area contributed by atoms with Crippen molar-refractivity contribution in [2.45, 2.75) is 71.6 Å². The van der Waals surface area contributed by atoms with E-state index >= 15 is 0 Å². The van der Waals surface area contributed by atoms with E-state index in [1.54, 1.807) is 0 Å². The number of hydrogen-bond donors (Lipinski definition) is 0. The first-order chi connectivity index (χ1) is 15.2. The zero-order valence-corrected chi connectivity index (χ0v) is 19.4. The minimum atomic E-state index is 0.966. The largest absolute Gasteiger partial charge is 0.304 e. The molecule has 0 radical (unpaired) electrons. The minimum Gasteiger partial charge on any atom is -0.304 e. The molecule has 1 fully saturated rings. The molecule has 1 aliphatic heterocycles. The van der Waals surface area contributed by atoms with Crippen molar-refractivity contribution in [3.8, 4) is 0 Å². The standard InChI is InChI=1S/C27H38N4/c1-3-15-29-27-11-8-10-24-21-23(12-13-26(24)27)9-6-4-5-7-17-30-18-19-31(30)25-14-16-28-22(2)20-25/h12-14,16,20-21H,3-11,15,17-19H2,1-2H3. The van der Waals surface area contributed by atoms with E-state index in [0.717, 1.165) is 31.6 Å². The molecule has 2 aliphatic rings. The summed E-state index contributed by atoms with van der Waals surface area (Å²) in [7, 11) is 0. The normalized spacial score (nSPS) is 17.6. The first-order valence-corrected chi connectivity index (χ1v) is 12.3. The SMILES string of the molecule is CCCN=C1CCCc2cc(CCCCCCN3CCN3c3ccnc(C)c3)ccc21. The van der Waals surface area contributed by atoms with Gasteiger partial charge in [-0.05, 0) is 80.7 Å². The average Bonchev–Trinajstić information content (AvgIpc) is 2.76. The summed E-state index contributed by atoms with van der Waals surface area (Å²) in [5.41, 5.74) is 8.19. The van der Waals surface area contributed by atoms with Gasteiger partial charge in [0.2, 0.25) is 0 Å². The Morgan fingerprint density at radius 1 is 1.00 bits per heavy atom. The summed E-state index contributed by atoms with van der Waals surface area (Å²) < 4.78 is 0. The lowest BCUT2D eigenvalue weighted by atomic mass is 9.88. The van der Waals surface area contributed by atoms with Crippen molar-refractivity contribution in [2.24, 2.45) is 4.99 Å². The topological polar surface area (TPSA) is 31.7 Å². The van der Waals surface area contributed by atoms with Gasteiger partial charge in [-0.3, -0.25) is 9.98 Å². The van der Waals surface area contributed by atoms with E-state index in [0.29, 0.717) is 0 Å². The Morgan fingerprint density at radius 2 is 1.90 bits per heavy atom. The van der Waals surface area contributed by atoms with E-state index in [1.807, 2.05) is 6.20 Å². The monoisotopic (exact) mass is 418 g/mol. The van der Waals surface area contributed by atoms with Crippen molar-refractivity contribution >= 4 is 11.4 Å². The molecule has 166 valence electrons. The van der Waals surface area contributed by atoms with Crippen molar-refractivity contribution in [3.05, 3.63) is 58.9 Å². The molecule has 0 spiro atoms. The van der Waals surface area contributed by atoms with Gasteiger partial charge in [0.15, 0.2) is 0 Å². The van der Waals surface area contributed by atoms with Gasteiger partial charge in [0.05, 0.1) is 5.69 Å². The Balaban J connectivity index is 1.17. The second-order valence-corrected chi connectivity index (χ2v) is 9.07. The van der Waals surface area contributed by atoms with Crippen molar-refractivity contribution < 1.29 is 0 Å². The maximum atomic E-state index is 4.83. The predicted molar refractivity (Wildman–Crippen MR) is 131 cm³/mol. The lowest BCUT2D eigenvalue weighted by Crippen LogP contribution is -2.57. The molecule has 0 saturated carbocycles. The van der Waals surface area contributed by atoms with Crippen LogP contribution >= 0.6 is 0 Å². The molecule has 1 aromatic carbocycles. The van der Waals surface area contributed by atoms with Crippen LogP contribution < -0.4 is 5.01 Å². The zero-order chi connectivity index (χ0) is 21.5. The number of hydrogen-bond acceptors (Lipinski definition) is 4. The third kappa shape index (κ3) is 5.74. The number of nitrogens with zero attached hydrogens (tertiary/aromatic N) is 4. The minimum absolute atomic E-state index is 0.966. The van der Waals surface area contributed by atoms with E-state index in [-0.39, 0.29) is 0 Å². The summed E-state index contributed by atoms with van der Waals surface area (Å²) in [6.07, 6.45) is 13.1. The molecule has 0 unspecified atom stereocenters. The maximum absolute atomic E-state index is 4.83. The van der Waals surface area contributed by atoms with Crippen LogP contribution in [0.15, 0.2) is 41.5 Å². The van der Waals surface area contributed by atoms with E-state index < -0.39 is 0 Å². The van der Waals surface area contributed by atoms with E-state index in [4.69, 9.17) is 4.99 Å². The summed E-state index contributed by atoms with van der Waals surface area (Å²) in [5.74, 6) is 0. The molecule has 4 nitrogen and oxygen atoms in total. The van der Waals surface area contributed by atoms with Gasteiger partial charge in [0, 0.05) is 43.8 Å². The maximum Gasteiger partial charge on any atom is 0.0556 e. The summed E-state index contributed by atoms with van der Waals surface area (Å²) >= 11 is 0. The summed E-state index contributed by atoms with van der Waals surface area (Å²) in [6, 6.07) is 11.5. The molecule has 2 heterocycles. The smallest absolute Gasteiger partial charge is 0.0556 e. The second kappa shape index (κ2) is 10.9. The molecule has 2 aromatic rings. The first-order valence-electron chi connectivity index (χ1n) is 12.3. The molecular formula is C27H38N4. The number of anilines is 1. The van der Waals surface area contributed by atoms with Crippen LogP contribution in [0.1, 0.15) is 74.3 Å². The van der Waals surface area contributed by atoms with Crippen LogP contribution in [0, 0.1) is 6.92 Å². The third-order valence-electron chi connectivity index (χ3n) is 6.59. The quantitative estimate of drug-likeness (QED) is 0.459. The van der Waals surface area contributed by atoms with Crippen molar-refractivity contribution in [2.75, 3.05) is 31.2 Å². The van der Waals surface area contributed by atoms with Crippen LogP contribution in [-0.2, 0) is 12.8 Å². The van der Waals surface area contributed by atoms with Gasteiger partial charge < -0.3 is 5.01 Å². The number of hydrazine groups is 1. The third-order valence-corrected chi connectivity index (χ3v) is 6.59. The molecule has 4 heteroatoms. The highest BCUT2D eigenvalue weighted by Gasteiger charge is 2.24. The number of unbranched alkanes of at least 4 members (excludes halogenated alkanes) is 3. The van der Waals surface area contributed by atoms with E-state index in [2.05, 4.69) is 59.2 Å². The molecule has 1 aromatic heterocycles. The molecule has 31 heavy (non-hydrogen) atoms. The fraction of sp³-hybridized carbons (Fsp3) is 0.556. The number of fused-ring (bicyclic) bond motifs is 1. The molecule has 1 aliphatic carbocycles. The van der Waals surface area contributed by atoms with E-state index in [9.17, 15) is 0 Å². The lowest BCUT2D eigenvalue weighted by Gasteiger charge is -2.45. The van der Waals surface area contributed by atoms with Gasteiger partial charge >= 0.3 is 0 Å². The Hall–Kier alpha value is -2.20. The van der Waals surface area contributed by atoms with Gasteiger partial charge in [0.1, 0.15) is 0 Å². The molecule has 0 N–H and O–H groups in total. The van der Waals surface area contributed by atoms with Crippen molar-refractivity contribution in [1.82, 2.24) is 9.99 Å². The van der Waals surface area contributed by atoms with Crippen LogP contribution in [0.3, 0.4) is 0 Å². The number of pyridine rings is 1. The highest BCUT2D eigenvalue weighted by atomic mass is 15.7. The number of aromatic nitrogens is 1. The van der Waals surface area contributed by atoms with Gasteiger partial charge in [-0.2, -0.15) is 0 Å². The van der Waals surface area contributed by atoms with Crippen LogP contribution in [0.4, 0.5) is 5.69 Å². The summed E-state index contributed by atoms with van der Waals surface area (Å²) in [6.45, 7) is 8.72. The first kappa shape index (κ1) is 22.0. The molecule has 0 bridgehead atoms. The molecule has 0 amide bonds. The number of benzene rings is 1. The van der Waals surface area contributed by atoms with Gasteiger partial charge in [0.25, 0.3) is 0 Å². The van der Waals surface area contributed by atoms with Gasteiger partial charge in [-0.25, -0.2) is 5.01 Å². The van der Waals surface area contributed by atoms with Crippen LogP contribution in [-0.4, -0.2) is 41.9 Å². The fourth-order valence-corrected chi connectivity index (χ4v) is 4.82. The van der Waals surface area contributed by atoms with Crippen molar-refractivity contribution in [1.29, 1.82) is 0 Å². The Morgan fingerprint density at radius 3 is 2.71 bits per heavy atom. The van der Waals surface area contributed by atoms with Crippen molar-refractivity contribution in [3.63, 3.8) is 0 Å². The highest BCUT2D eigenvalue weighted by molar-refractivity contribution is 6.02. The number of rotatable bonds is 10. The van der Waals surface area contributed by atoms with Crippen LogP contribution in [0.25, 0.3) is 0 Å². The summed E-state index contributed by atoms with van der Waals surface area (Å²) in [4.78, 5) is 9.14. The molecule has 4 rings (SSSR count). The van der Waals surface area contributed by atoms with Gasteiger partial charge in [-0.1, -0.05) is 38.0 Å². The molecular weight excluding hydrogens is 380 g/mol. The Kier molecular flexibility index (Phi) is 7.74. The summed E-state index contributed by atoms with van der Waals surface area (Å²) in [5, 5.41) is 4.88. The highest BCUT2D eigenvalue weighted by Crippen LogP contribution is 2.25. The average molecular weight is 419 g/mol. The Labute approximate surface area is 188 Å². The molecule has 0 atom stereocenters. The predicted octanol–water partition coefficient (Wildman–Crippen LogP) is 5.77. The Bertz CT molecular complexity index is 889. The molecule has 1 saturated heterocycles. The van der Waals surface area contributed by atoms with Crippen LogP contribution in [0.2, 0.25) is 0 Å². The zero-order valence-electron chi connectivity index (χ0n) is 19.4. The van der Waals surface area contributed by atoms with E-state index in [1.165, 1.54) is 86.1 Å². The van der Waals surface area contributed by atoms with Crippen LogP contribution in [0.5, 0.6) is 0 Å². The fourth-order valence-electron chi connectivity index (χ4n) is 4.82.